The highest BCUT2D eigenvalue weighted by atomic mass is 79.9. The molecule has 0 aromatic rings. The van der Waals surface area contributed by atoms with Crippen molar-refractivity contribution >= 4 is 27.9 Å². The van der Waals surface area contributed by atoms with Gasteiger partial charge in [0.25, 0.3) is 0 Å². The predicted molar refractivity (Wildman–Crippen MR) is 60.4 cm³/mol. The van der Waals surface area contributed by atoms with Crippen LogP contribution in [0.5, 0.6) is 0 Å². The van der Waals surface area contributed by atoms with Crippen LogP contribution in [0.4, 0.5) is 0 Å². The van der Waals surface area contributed by atoms with Gasteiger partial charge in [-0.05, 0) is 15.9 Å². The van der Waals surface area contributed by atoms with Crippen LogP contribution in [0.1, 0.15) is 20.3 Å². The molecule has 1 heterocycles. The molecule has 7 heteroatoms. The Morgan fingerprint density at radius 3 is 2.65 bits per heavy atom. The SMILES string of the molecule is CC(=O)OC[C@H]1OCC[C@](O)(Br)[C@@H]1OC(C)=O. The van der Waals surface area contributed by atoms with Crippen molar-refractivity contribution in [2.45, 2.75) is 37.0 Å². The van der Waals surface area contributed by atoms with Crippen LogP contribution in [-0.2, 0) is 23.8 Å². The molecule has 3 atom stereocenters. The molecular formula is C10H15BrO6. The van der Waals surface area contributed by atoms with Gasteiger partial charge >= 0.3 is 11.9 Å². The Labute approximate surface area is 107 Å². The van der Waals surface area contributed by atoms with Crippen molar-refractivity contribution in [3.63, 3.8) is 0 Å². The highest BCUT2D eigenvalue weighted by Crippen LogP contribution is 2.33. The summed E-state index contributed by atoms with van der Waals surface area (Å²) in [6.45, 7) is 2.72. The van der Waals surface area contributed by atoms with E-state index in [1.54, 1.807) is 0 Å². The Kier molecular flexibility index (Phi) is 4.91. The second-order valence-corrected chi connectivity index (χ2v) is 5.18. The van der Waals surface area contributed by atoms with Gasteiger partial charge in [0.2, 0.25) is 0 Å². The number of hydrogen-bond donors (Lipinski definition) is 1. The first-order valence-electron chi connectivity index (χ1n) is 5.16. The fourth-order valence-electron chi connectivity index (χ4n) is 1.55. The number of halogens is 1. The third-order valence-corrected chi connectivity index (χ3v) is 3.15. The highest BCUT2D eigenvalue weighted by molar-refractivity contribution is 9.10. The van der Waals surface area contributed by atoms with Gasteiger partial charge in [0.15, 0.2) is 10.6 Å². The molecule has 1 aliphatic rings. The van der Waals surface area contributed by atoms with Crippen molar-refractivity contribution in [2.24, 2.45) is 0 Å². The Bertz CT molecular complexity index is 303. The van der Waals surface area contributed by atoms with Crippen molar-refractivity contribution in [3.05, 3.63) is 0 Å². The molecule has 98 valence electrons. The summed E-state index contributed by atoms with van der Waals surface area (Å²) in [5, 5.41) is 10.0. The van der Waals surface area contributed by atoms with Crippen LogP contribution in [-0.4, -0.2) is 47.0 Å². The Balaban J connectivity index is 2.70. The summed E-state index contributed by atoms with van der Waals surface area (Å²) in [5.41, 5.74) is 0. The van der Waals surface area contributed by atoms with E-state index in [0.29, 0.717) is 0 Å². The lowest BCUT2D eigenvalue weighted by atomic mass is 10.0. The number of alkyl halides is 1. The van der Waals surface area contributed by atoms with Crippen LogP contribution in [0, 0.1) is 0 Å². The normalized spacial score (nSPS) is 32.9. The van der Waals surface area contributed by atoms with Crippen LogP contribution in [0.3, 0.4) is 0 Å². The van der Waals surface area contributed by atoms with E-state index in [1.165, 1.54) is 13.8 Å². The molecule has 1 aliphatic heterocycles. The highest BCUT2D eigenvalue weighted by Gasteiger charge is 2.46. The monoisotopic (exact) mass is 310 g/mol. The van der Waals surface area contributed by atoms with Gasteiger partial charge in [-0.25, -0.2) is 0 Å². The molecule has 17 heavy (non-hydrogen) atoms. The zero-order chi connectivity index (χ0) is 13.1. The lowest BCUT2D eigenvalue weighted by molar-refractivity contribution is -0.195. The predicted octanol–water partition coefficient (Wildman–Crippen LogP) is 0.354. The number of rotatable bonds is 3. The molecule has 0 unspecified atom stereocenters. The second kappa shape index (κ2) is 5.79. The van der Waals surface area contributed by atoms with E-state index in [0.717, 1.165) is 0 Å². The molecule has 0 bridgehead atoms. The van der Waals surface area contributed by atoms with Gasteiger partial charge in [-0.2, -0.15) is 0 Å². The maximum absolute atomic E-state index is 11.0. The molecule has 0 aromatic heterocycles. The van der Waals surface area contributed by atoms with Crippen molar-refractivity contribution in [2.75, 3.05) is 13.2 Å². The minimum atomic E-state index is -1.36. The standard InChI is InChI=1S/C10H15BrO6/c1-6(12)16-5-8-9(17-7(2)13)10(11,14)3-4-15-8/h8-9,14H,3-5H2,1-2H3/t8-,9-,10-/m1/s1. The molecule has 1 saturated heterocycles. The largest absolute Gasteiger partial charge is 0.463 e. The van der Waals surface area contributed by atoms with E-state index >= 15 is 0 Å². The van der Waals surface area contributed by atoms with E-state index in [9.17, 15) is 14.7 Å². The molecule has 1 N–H and O–H groups in total. The number of aliphatic hydroxyl groups is 1. The van der Waals surface area contributed by atoms with Crippen LogP contribution < -0.4 is 0 Å². The Hall–Kier alpha value is -0.660. The molecule has 0 aromatic carbocycles. The number of carbonyl (C=O) groups excluding carboxylic acids is 2. The van der Waals surface area contributed by atoms with Crippen molar-refractivity contribution in [3.8, 4) is 0 Å². The van der Waals surface area contributed by atoms with Gasteiger partial charge in [-0.3, -0.25) is 9.59 Å². The summed E-state index contributed by atoms with van der Waals surface area (Å²) >= 11 is 3.09. The Morgan fingerprint density at radius 1 is 1.47 bits per heavy atom. The average Bonchev–Trinajstić information content (AvgIpc) is 2.18. The fraction of sp³-hybridized carbons (Fsp3) is 0.800. The zero-order valence-corrected chi connectivity index (χ0v) is 11.2. The van der Waals surface area contributed by atoms with E-state index in [-0.39, 0.29) is 19.6 Å². The van der Waals surface area contributed by atoms with Crippen molar-refractivity contribution in [1.29, 1.82) is 0 Å². The van der Waals surface area contributed by atoms with Crippen LogP contribution in [0.15, 0.2) is 0 Å². The van der Waals surface area contributed by atoms with E-state index in [1.807, 2.05) is 0 Å². The summed E-state index contributed by atoms with van der Waals surface area (Å²) in [6, 6.07) is 0. The third-order valence-electron chi connectivity index (χ3n) is 2.30. The molecule has 0 spiro atoms. The minimum Gasteiger partial charge on any atom is -0.463 e. The zero-order valence-electron chi connectivity index (χ0n) is 9.64. The van der Waals surface area contributed by atoms with Gasteiger partial charge in [0.1, 0.15) is 12.7 Å². The quantitative estimate of drug-likeness (QED) is 0.598. The Morgan fingerprint density at radius 2 is 2.12 bits per heavy atom. The second-order valence-electron chi connectivity index (χ2n) is 3.81. The summed E-state index contributed by atoms with van der Waals surface area (Å²) < 4.78 is 13.8. The number of ether oxygens (including phenoxy) is 3. The smallest absolute Gasteiger partial charge is 0.303 e. The van der Waals surface area contributed by atoms with Crippen LogP contribution >= 0.6 is 15.9 Å². The molecule has 6 nitrogen and oxygen atoms in total. The molecule has 1 rings (SSSR count). The van der Waals surface area contributed by atoms with Gasteiger partial charge in [-0.15, -0.1) is 0 Å². The molecule has 0 radical (unpaired) electrons. The minimum absolute atomic E-state index is 0.0683. The van der Waals surface area contributed by atoms with E-state index in [4.69, 9.17) is 14.2 Å². The maximum atomic E-state index is 11.0. The fourth-order valence-corrected chi connectivity index (χ4v) is 2.10. The van der Waals surface area contributed by atoms with Crippen LogP contribution in [0.25, 0.3) is 0 Å². The van der Waals surface area contributed by atoms with E-state index < -0.39 is 28.7 Å². The summed E-state index contributed by atoms with van der Waals surface area (Å²) in [6.07, 6.45) is -1.31. The third kappa shape index (κ3) is 4.25. The summed E-state index contributed by atoms with van der Waals surface area (Å²) in [4.78, 5) is 21.7. The van der Waals surface area contributed by atoms with Crippen molar-refractivity contribution < 1.29 is 28.9 Å². The lowest BCUT2D eigenvalue weighted by Crippen LogP contribution is -2.54. The molecule has 1 fully saturated rings. The van der Waals surface area contributed by atoms with Gasteiger partial charge in [0, 0.05) is 20.3 Å². The lowest BCUT2D eigenvalue weighted by Gasteiger charge is -2.39. The van der Waals surface area contributed by atoms with Gasteiger partial charge in [-0.1, -0.05) is 0 Å². The van der Waals surface area contributed by atoms with E-state index in [2.05, 4.69) is 15.9 Å². The molecular weight excluding hydrogens is 296 g/mol. The average molecular weight is 311 g/mol. The molecule has 0 amide bonds. The maximum Gasteiger partial charge on any atom is 0.303 e. The topological polar surface area (TPSA) is 82.1 Å². The summed E-state index contributed by atoms with van der Waals surface area (Å²) in [7, 11) is 0. The first-order valence-corrected chi connectivity index (χ1v) is 5.95. The molecule has 0 aliphatic carbocycles. The number of carbonyl (C=O) groups is 2. The molecule has 0 saturated carbocycles. The van der Waals surface area contributed by atoms with Gasteiger partial charge in [0.05, 0.1) is 6.61 Å². The van der Waals surface area contributed by atoms with Gasteiger partial charge < -0.3 is 19.3 Å². The summed E-state index contributed by atoms with van der Waals surface area (Å²) in [5.74, 6) is -0.995. The first-order chi connectivity index (χ1) is 7.83. The van der Waals surface area contributed by atoms with Crippen LogP contribution in [0.2, 0.25) is 0 Å². The number of hydrogen-bond acceptors (Lipinski definition) is 6. The van der Waals surface area contributed by atoms with Crippen molar-refractivity contribution in [1.82, 2.24) is 0 Å². The first kappa shape index (κ1) is 14.4. The number of esters is 2.